The smallest absolute Gasteiger partial charge is 0.201 e. The number of phenols is 2. The molecule has 3 rings (SSSR count). The van der Waals surface area contributed by atoms with E-state index in [1.54, 1.807) is 18.2 Å². The van der Waals surface area contributed by atoms with Gasteiger partial charge in [-0.05, 0) is 35.4 Å². The first-order valence-electron chi connectivity index (χ1n) is 7.24. The number of rotatable bonds is 4. The van der Waals surface area contributed by atoms with Gasteiger partial charge in [-0.25, -0.2) is 0 Å². The largest absolute Gasteiger partial charge is 0.504 e. The van der Waals surface area contributed by atoms with Crippen LogP contribution in [0.4, 0.5) is 0 Å². The molecular weight excluding hydrogens is 288 g/mol. The standard InChI is InChI=1S/C20H16O3/c21-18-13-16(12-11-15-7-3-1-4-8-15)14-19(20(18)22)23-17-9-5-2-6-10-17/h1-14,21-22H. The zero-order valence-corrected chi connectivity index (χ0v) is 12.4. The number of benzene rings is 3. The van der Waals surface area contributed by atoms with Crippen LogP contribution in [0.1, 0.15) is 11.1 Å². The maximum absolute atomic E-state index is 9.97. The van der Waals surface area contributed by atoms with Gasteiger partial charge in [0.1, 0.15) is 5.75 Å². The lowest BCUT2D eigenvalue weighted by atomic mass is 10.1. The van der Waals surface area contributed by atoms with E-state index in [-0.39, 0.29) is 17.2 Å². The van der Waals surface area contributed by atoms with E-state index < -0.39 is 0 Å². The van der Waals surface area contributed by atoms with Crippen molar-refractivity contribution in [2.45, 2.75) is 0 Å². The van der Waals surface area contributed by atoms with Crippen LogP contribution in [0.5, 0.6) is 23.0 Å². The van der Waals surface area contributed by atoms with E-state index in [4.69, 9.17) is 4.74 Å². The van der Waals surface area contributed by atoms with Gasteiger partial charge in [0.2, 0.25) is 5.75 Å². The van der Waals surface area contributed by atoms with Crippen LogP contribution >= 0.6 is 0 Å². The third kappa shape index (κ3) is 3.71. The van der Waals surface area contributed by atoms with E-state index in [1.807, 2.05) is 60.7 Å². The van der Waals surface area contributed by atoms with Gasteiger partial charge in [0.15, 0.2) is 11.5 Å². The van der Waals surface area contributed by atoms with Crippen molar-refractivity contribution in [2.75, 3.05) is 0 Å². The van der Waals surface area contributed by atoms with Crippen molar-refractivity contribution >= 4 is 12.2 Å². The van der Waals surface area contributed by atoms with Crippen LogP contribution in [0.3, 0.4) is 0 Å². The fourth-order valence-corrected chi connectivity index (χ4v) is 2.16. The Hall–Kier alpha value is -3.20. The van der Waals surface area contributed by atoms with E-state index in [2.05, 4.69) is 0 Å². The summed E-state index contributed by atoms with van der Waals surface area (Å²) in [5.74, 6) is 0.312. The number of phenolic OH excluding ortho intramolecular Hbond substituents is 2. The van der Waals surface area contributed by atoms with Crippen LogP contribution in [-0.2, 0) is 0 Å². The SMILES string of the molecule is Oc1cc(C=Cc2ccccc2)cc(Oc2ccccc2)c1O. The van der Waals surface area contributed by atoms with Crippen LogP contribution in [0.15, 0.2) is 72.8 Å². The Morgan fingerprint density at radius 1 is 0.696 bits per heavy atom. The third-order valence-electron chi connectivity index (χ3n) is 3.32. The van der Waals surface area contributed by atoms with Gasteiger partial charge in [-0.3, -0.25) is 0 Å². The zero-order chi connectivity index (χ0) is 16.1. The summed E-state index contributed by atoms with van der Waals surface area (Å²) in [6.07, 6.45) is 3.78. The van der Waals surface area contributed by atoms with Crippen molar-refractivity contribution in [3.8, 4) is 23.0 Å². The number of hydrogen-bond acceptors (Lipinski definition) is 3. The van der Waals surface area contributed by atoms with Gasteiger partial charge in [0.05, 0.1) is 0 Å². The summed E-state index contributed by atoms with van der Waals surface area (Å²) in [4.78, 5) is 0. The van der Waals surface area contributed by atoms with Gasteiger partial charge in [-0.1, -0.05) is 60.7 Å². The molecule has 0 aliphatic rings. The molecule has 0 heterocycles. The maximum atomic E-state index is 9.97. The minimum Gasteiger partial charge on any atom is -0.504 e. The second-order valence-electron chi connectivity index (χ2n) is 5.05. The second-order valence-corrected chi connectivity index (χ2v) is 5.05. The lowest BCUT2D eigenvalue weighted by molar-refractivity contribution is 0.372. The minimum absolute atomic E-state index is 0.212. The zero-order valence-electron chi connectivity index (χ0n) is 12.4. The molecule has 0 unspecified atom stereocenters. The van der Waals surface area contributed by atoms with Gasteiger partial charge >= 0.3 is 0 Å². The van der Waals surface area contributed by atoms with E-state index in [1.165, 1.54) is 6.07 Å². The lowest BCUT2D eigenvalue weighted by Gasteiger charge is -2.10. The first-order chi connectivity index (χ1) is 11.2. The summed E-state index contributed by atoms with van der Waals surface area (Å²) < 4.78 is 5.64. The summed E-state index contributed by atoms with van der Waals surface area (Å²) in [6, 6.07) is 22.1. The number of hydrogen-bond donors (Lipinski definition) is 2. The first kappa shape index (κ1) is 14.7. The molecule has 0 saturated carbocycles. The lowest BCUT2D eigenvalue weighted by Crippen LogP contribution is -1.86. The molecule has 0 saturated heterocycles. The molecule has 0 spiro atoms. The van der Waals surface area contributed by atoms with Gasteiger partial charge in [0, 0.05) is 0 Å². The normalized spacial score (nSPS) is 10.8. The van der Waals surface area contributed by atoms with Crippen LogP contribution in [0, 0.1) is 0 Å². The highest BCUT2D eigenvalue weighted by Crippen LogP contribution is 2.39. The second kappa shape index (κ2) is 6.71. The van der Waals surface area contributed by atoms with Crippen molar-refractivity contribution in [1.29, 1.82) is 0 Å². The van der Waals surface area contributed by atoms with E-state index in [0.29, 0.717) is 5.75 Å². The number of ether oxygens (including phenoxy) is 1. The van der Waals surface area contributed by atoms with Gasteiger partial charge in [-0.15, -0.1) is 0 Å². The Morgan fingerprint density at radius 3 is 2.00 bits per heavy atom. The molecule has 3 nitrogen and oxygen atoms in total. The van der Waals surface area contributed by atoms with Crippen molar-refractivity contribution < 1.29 is 14.9 Å². The Kier molecular flexibility index (Phi) is 4.29. The molecule has 0 aromatic heterocycles. The highest BCUT2D eigenvalue weighted by molar-refractivity contribution is 5.72. The Labute approximate surface area is 134 Å². The molecule has 0 aliphatic carbocycles. The Bertz CT molecular complexity index is 809. The number of aromatic hydroxyl groups is 2. The summed E-state index contributed by atoms with van der Waals surface area (Å²) in [5.41, 5.74) is 1.78. The molecule has 0 radical (unpaired) electrons. The van der Waals surface area contributed by atoms with Crippen molar-refractivity contribution in [3.63, 3.8) is 0 Å². The van der Waals surface area contributed by atoms with Gasteiger partial charge in [-0.2, -0.15) is 0 Å². The highest BCUT2D eigenvalue weighted by Gasteiger charge is 2.10. The molecule has 0 bridgehead atoms. The third-order valence-corrected chi connectivity index (χ3v) is 3.32. The molecule has 0 amide bonds. The quantitative estimate of drug-likeness (QED) is 0.523. The van der Waals surface area contributed by atoms with Crippen molar-refractivity contribution in [2.24, 2.45) is 0 Å². The van der Waals surface area contributed by atoms with Crippen molar-refractivity contribution in [3.05, 3.63) is 83.9 Å². The monoisotopic (exact) mass is 304 g/mol. The molecule has 0 atom stereocenters. The molecule has 23 heavy (non-hydrogen) atoms. The van der Waals surface area contributed by atoms with Crippen LogP contribution < -0.4 is 4.74 Å². The van der Waals surface area contributed by atoms with Crippen LogP contribution in [0.2, 0.25) is 0 Å². The summed E-state index contributed by atoms with van der Waals surface area (Å²) in [7, 11) is 0. The minimum atomic E-state index is -0.272. The van der Waals surface area contributed by atoms with Crippen LogP contribution in [-0.4, -0.2) is 10.2 Å². The fourth-order valence-electron chi connectivity index (χ4n) is 2.16. The van der Waals surface area contributed by atoms with Gasteiger partial charge < -0.3 is 14.9 Å². The molecule has 0 fully saturated rings. The average Bonchev–Trinajstić information content (AvgIpc) is 2.59. The summed E-state index contributed by atoms with van der Waals surface area (Å²) >= 11 is 0. The summed E-state index contributed by atoms with van der Waals surface area (Å²) in [6.45, 7) is 0. The van der Waals surface area contributed by atoms with Gasteiger partial charge in [0.25, 0.3) is 0 Å². The average molecular weight is 304 g/mol. The Balaban J connectivity index is 1.89. The topological polar surface area (TPSA) is 49.7 Å². The molecule has 114 valence electrons. The molecule has 3 heteroatoms. The highest BCUT2D eigenvalue weighted by atomic mass is 16.5. The Morgan fingerprint density at radius 2 is 1.30 bits per heavy atom. The van der Waals surface area contributed by atoms with E-state index in [9.17, 15) is 10.2 Å². The van der Waals surface area contributed by atoms with Crippen molar-refractivity contribution in [1.82, 2.24) is 0 Å². The van der Waals surface area contributed by atoms with E-state index >= 15 is 0 Å². The summed E-state index contributed by atoms with van der Waals surface area (Å²) in [5, 5.41) is 19.9. The maximum Gasteiger partial charge on any atom is 0.201 e. The van der Waals surface area contributed by atoms with Crippen LogP contribution in [0.25, 0.3) is 12.2 Å². The number of para-hydroxylation sites is 1. The first-order valence-corrected chi connectivity index (χ1v) is 7.24. The van der Waals surface area contributed by atoms with E-state index in [0.717, 1.165) is 11.1 Å². The molecule has 3 aromatic rings. The molecule has 0 aliphatic heterocycles. The molecule has 3 aromatic carbocycles. The predicted octanol–water partition coefficient (Wildman–Crippen LogP) is 5.06. The molecular formula is C20H16O3. The predicted molar refractivity (Wildman–Crippen MR) is 91.7 cm³/mol. The molecule has 2 N–H and O–H groups in total. The fraction of sp³-hybridized carbons (Fsp3) is 0.